The van der Waals surface area contributed by atoms with Gasteiger partial charge in [0.2, 0.25) is 0 Å². The maximum atomic E-state index is 5.63. The highest BCUT2D eigenvalue weighted by atomic mass is 32.1. The Bertz CT molecular complexity index is 480. The number of aromatic nitrogens is 2. The van der Waals surface area contributed by atoms with Crippen molar-refractivity contribution in [1.82, 2.24) is 15.4 Å². The van der Waals surface area contributed by atoms with E-state index in [4.69, 9.17) is 5.84 Å². The number of nitrogens with zero attached hydrogens (tertiary/aromatic N) is 2. The molecule has 0 spiro atoms. The average molecular weight is 234 g/mol. The zero-order chi connectivity index (χ0) is 11.5. The van der Waals surface area contributed by atoms with Crippen molar-refractivity contribution in [1.29, 1.82) is 0 Å². The van der Waals surface area contributed by atoms with Crippen LogP contribution in [-0.4, -0.2) is 9.97 Å². The fourth-order valence-electron chi connectivity index (χ4n) is 1.67. The van der Waals surface area contributed by atoms with Gasteiger partial charge in [-0.15, -0.1) is 11.3 Å². The van der Waals surface area contributed by atoms with Crippen LogP contribution in [0.15, 0.2) is 24.0 Å². The first-order chi connectivity index (χ1) is 7.74. The second kappa shape index (κ2) is 4.69. The molecule has 2 aromatic rings. The molecule has 2 heterocycles. The van der Waals surface area contributed by atoms with E-state index in [0.717, 1.165) is 16.1 Å². The van der Waals surface area contributed by atoms with Crippen molar-refractivity contribution in [3.63, 3.8) is 0 Å². The zero-order valence-electron chi connectivity index (χ0n) is 9.27. The highest BCUT2D eigenvalue weighted by Crippen LogP contribution is 2.28. The number of nitrogens with one attached hydrogen (secondary N) is 1. The number of aryl methyl sites for hydroxylation is 2. The molecule has 1 atom stereocenters. The molecule has 0 radical (unpaired) electrons. The van der Waals surface area contributed by atoms with Crippen LogP contribution in [0.2, 0.25) is 0 Å². The molecule has 0 saturated carbocycles. The van der Waals surface area contributed by atoms with Gasteiger partial charge in [-0.1, -0.05) is 0 Å². The molecule has 0 saturated heterocycles. The van der Waals surface area contributed by atoms with Gasteiger partial charge in [-0.3, -0.25) is 10.8 Å². The maximum absolute atomic E-state index is 5.63. The second-order valence-electron chi connectivity index (χ2n) is 3.63. The third kappa shape index (κ3) is 1.97. The molecule has 0 bridgehead atoms. The van der Waals surface area contributed by atoms with E-state index in [0.29, 0.717) is 0 Å². The van der Waals surface area contributed by atoms with Crippen molar-refractivity contribution in [3.8, 4) is 0 Å². The van der Waals surface area contributed by atoms with Crippen LogP contribution in [0.4, 0.5) is 0 Å². The minimum absolute atomic E-state index is 0.0267. The van der Waals surface area contributed by atoms with Crippen LogP contribution in [0.1, 0.15) is 27.7 Å². The molecular formula is C11H14N4S. The lowest BCUT2D eigenvalue weighted by molar-refractivity contribution is 0.636. The molecule has 3 N–H and O–H groups in total. The van der Waals surface area contributed by atoms with Gasteiger partial charge in [0.25, 0.3) is 0 Å². The van der Waals surface area contributed by atoms with E-state index < -0.39 is 0 Å². The number of pyridine rings is 1. The lowest BCUT2D eigenvalue weighted by Crippen LogP contribution is -2.29. The predicted molar refractivity (Wildman–Crippen MR) is 65.0 cm³/mol. The molecular weight excluding hydrogens is 220 g/mol. The third-order valence-electron chi connectivity index (χ3n) is 2.60. The van der Waals surface area contributed by atoms with E-state index in [1.54, 1.807) is 17.5 Å². The lowest BCUT2D eigenvalue weighted by Gasteiger charge is -2.17. The highest BCUT2D eigenvalue weighted by Gasteiger charge is 2.18. The summed E-state index contributed by atoms with van der Waals surface area (Å²) < 4.78 is 0. The highest BCUT2D eigenvalue weighted by molar-refractivity contribution is 7.09. The van der Waals surface area contributed by atoms with Crippen LogP contribution in [0.3, 0.4) is 0 Å². The van der Waals surface area contributed by atoms with Gasteiger partial charge in [0, 0.05) is 12.4 Å². The molecule has 0 amide bonds. The zero-order valence-corrected chi connectivity index (χ0v) is 10.1. The van der Waals surface area contributed by atoms with Gasteiger partial charge in [0.1, 0.15) is 0 Å². The minimum Gasteiger partial charge on any atom is -0.271 e. The third-order valence-corrected chi connectivity index (χ3v) is 3.60. The summed E-state index contributed by atoms with van der Waals surface area (Å²) >= 11 is 1.60. The normalized spacial score (nSPS) is 12.7. The predicted octanol–water partition coefficient (Wildman–Crippen LogP) is 1.71. The van der Waals surface area contributed by atoms with Crippen LogP contribution in [0.5, 0.6) is 0 Å². The summed E-state index contributed by atoms with van der Waals surface area (Å²) in [6.45, 7) is 4.04. The van der Waals surface area contributed by atoms with E-state index in [1.165, 1.54) is 5.56 Å². The Balaban J connectivity index is 2.45. The van der Waals surface area contributed by atoms with Crippen molar-refractivity contribution in [2.45, 2.75) is 19.9 Å². The maximum Gasteiger partial charge on any atom is 0.0838 e. The van der Waals surface area contributed by atoms with Crippen molar-refractivity contribution < 1.29 is 0 Å². The number of hydrazine groups is 1. The smallest absolute Gasteiger partial charge is 0.0838 e. The standard InChI is InChI=1S/C11H14N4S/c1-7-3-4-13-5-9(7)10(15-12)11-8(2)14-6-16-11/h3-6,10,15H,12H2,1-2H3. The summed E-state index contributed by atoms with van der Waals surface area (Å²) in [6, 6.07) is 1.96. The van der Waals surface area contributed by atoms with Crippen LogP contribution >= 0.6 is 11.3 Å². The first kappa shape index (κ1) is 11.2. The fourth-order valence-corrected chi connectivity index (χ4v) is 2.55. The topological polar surface area (TPSA) is 63.8 Å². The lowest BCUT2D eigenvalue weighted by atomic mass is 10.0. The van der Waals surface area contributed by atoms with Gasteiger partial charge >= 0.3 is 0 Å². The second-order valence-corrected chi connectivity index (χ2v) is 4.52. The molecule has 0 aliphatic rings. The molecule has 4 nitrogen and oxygen atoms in total. The van der Waals surface area contributed by atoms with Crippen LogP contribution in [-0.2, 0) is 0 Å². The van der Waals surface area contributed by atoms with Crippen molar-refractivity contribution in [2.75, 3.05) is 0 Å². The summed E-state index contributed by atoms with van der Waals surface area (Å²) in [7, 11) is 0. The number of nitrogens with two attached hydrogens (primary N) is 1. The Kier molecular flexibility index (Phi) is 3.28. The molecule has 0 aromatic carbocycles. The van der Waals surface area contributed by atoms with Crippen LogP contribution in [0, 0.1) is 13.8 Å². The minimum atomic E-state index is -0.0267. The average Bonchev–Trinajstić information content (AvgIpc) is 2.69. The van der Waals surface area contributed by atoms with Crippen LogP contribution in [0.25, 0.3) is 0 Å². The van der Waals surface area contributed by atoms with E-state index in [-0.39, 0.29) is 6.04 Å². The number of thiazole rings is 1. The summed E-state index contributed by atoms with van der Waals surface area (Å²) in [5.41, 5.74) is 7.94. The molecule has 0 aliphatic heterocycles. The molecule has 5 heteroatoms. The summed E-state index contributed by atoms with van der Waals surface area (Å²) in [5, 5.41) is 0. The van der Waals surface area contributed by atoms with E-state index in [2.05, 4.69) is 22.3 Å². The van der Waals surface area contributed by atoms with Crippen molar-refractivity contribution >= 4 is 11.3 Å². The Morgan fingerprint density at radius 1 is 1.44 bits per heavy atom. The van der Waals surface area contributed by atoms with Gasteiger partial charge in [-0.2, -0.15) is 0 Å². The number of rotatable bonds is 3. The summed E-state index contributed by atoms with van der Waals surface area (Å²) in [6.07, 6.45) is 3.63. The molecule has 0 fully saturated rings. The Morgan fingerprint density at radius 3 is 2.81 bits per heavy atom. The summed E-state index contributed by atoms with van der Waals surface area (Å²) in [4.78, 5) is 9.52. The SMILES string of the molecule is Cc1ccncc1C(NN)c1scnc1C. The van der Waals surface area contributed by atoms with Crippen LogP contribution < -0.4 is 11.3 Å². The molecule has 2 aromatic heterocycles. The molecule has 2 rings (SSSR count). The monoisotopic (exact) mass is 234 g/mol. The quantitative estimate of drug-likeness (QED) is 0.627. The van der Waals surface area contributed by atoms with E-state index in [1.807, 2.05) is 24.7 Å². The first-order valence-electron chi connectivity index (χ1n) is 5.00. The molecule has 84 valence electrons. The van der Waals surface area contributed by atoms with Crippen molar-refractivity contribution in [2.24, 2.45) is 5.84 Å². The van der Waals surface area contributed by atoms with Gasteiger partial charge in [0.05, 0.1) is 22.1 Å². The van der Waals surface area contributed by atoms with Gasteiger partial charge in [-0.05, 0) is 31.0 Å². The van der Waals surface area contributed by atoms with E-state index in [9.17, 15) is 0 Å². The fraction of sp³-hybridized carbons (Fsp3) is 0.273. The van der Waals surface area contributed by atoms with Crippen molar-refractivity contribution in [3.05, 3.63) is 45.7 Å². The molecule has 16 heavy (non-hydrogen) atoms. The first-order valence-corrected chi connectivity index (χ1v) is 5.88. The summed E-state index contributed by atoms with van der Waals surface area (Å²) in [5.74, 6) is 5.63. The Hall–Kier alpha value is -1.30. The Morgan fingerprint density at radius 2 is 2.25 bits per heavy atom. The van der Waals surface area contributed by atoms with E-state index >= 15 is 0 Å². The Labute approximate surface area is 98.5 Å². The van der Waals surface area contributed by atoms with Gasteiger partial charge in [-0.25, -0.2) is 10.4 Å². The van der Waals surface area contributed by atoms with Gasteiger partial charge < -0.3 is 0 Å². The largest absolute Gasteiger partial charge is 0.271 e. The number of hydrogen-bond donors (Lipinski definition) is 2. The molecule has 0 aliphatic carbocycles. The molecule has 1 unspecified atom stereocenters. The van der Waals surface area contributed by atoms with Gasteiger partial charge in [0.15, 0.2) is 0 Å². The number of hydrogen-bond acceptors (Lipinski definition) is 5.